The molecule has 0 saturated carbocycles. The summed E-state index contributed by atoms with van der Waals surface area (Å²) in [6, 6.07) is 10.6. The van der Waals surface area contributed by atoms with E-state index in [-0.39, 0.29) is 0 Å². The maximum atomic E-state index is 12.4. The van der Waals surface area contributed by atoms with E-state index >= 15 is 0 Å². The minimum atomic E-state index is 0.319. The maximum absolute atomic E-state index is 12.4. The van der Waals surface area contributed by atoms with E-state index in [0.29, 0.717) is 18.4 Å². The first-order valence-electron chi connectivity index (χ1n) is 8.52. The summed E-state index contributed by atoms with van der Waals surface area (Å²) < 4.78 is 0. The Morgan fingerprint density at radius 1 is 1.09 bits per heavy atom. The first-order chi connectivity index (χ1) is 10.7. The Kier molecular flexibility index (Phi) is 4.98. The largest absolute Gasteiger partial charge is 0.369 e. The van der Waals surface area contributed by atoms with Crippen molar-refractivity contribution in [3.8, 4) is 0 Å². The SMILES string of the molecule is CC1CCCN(C(=O)CN2CCN(c3ccccc3)CC2)C1. The van der Waals surface area contributed by atoms with E-state index in [1.165, 1.54) is 12.1 Å². The number of rotatable bonds is 3. The Bertz CT molecular complexity index is 482. The molecule has 0 N–H and O–H groups in total. The third-order valence-corrected chi connectivity index (χ3v) is 4.86. The monoisotopic (exact) mass is 301 g/mol. The molecule has 1 unspecified atom stereocenters. The Morgan fingerprint density at radius 3 is 2.50 bits per heavy atom. The van der Waals surface area contributed by atoms with Gasteiger partial charge in [0, 0.05) is 45.0 Å². The van der Waals surface area contributed by atoms with Crippen molar-refractivity contribution in [1.29, 1.82) is 0 Å². The Balaban J connectivity index is 1.46. The van der Waals surface area contributed by atoms with Crippen LogP contribution in [0.5, 0.6) is 0 Å². The standard InChI is InChI=1S/C18H27N3O/c1-16-6-5-9-21(14-16)18(22)15-19-10-12-20(13-11-19)17-7-3-2-4-8-17/h2-4,7-8,16H,5-6,9-15H2,1H3. The van der Waals surface area contributed by atoms with Gasteiger partial charge in [0.05, 0.1) is 6.54 Å². The summed E-state index contributed by atoms with van der Waals surface area (Å²) in [5.41, 5.74) is 1.29. The van der Waals surface area contributed by atoms with E-state index in [2.05, 4.69) is 52.0 Å². The van der Waals surface area contributed by atoms with E-state index in [1.54, 1.807) is 0 Å². The fourth-order valence-electron chi connectivity index (χ4n) is 3.51. The zero-order valence-corrected chi connectivity index (χ0v) is 13.6. The molecule has 0 aliphatic carbocycles. The minimum absolute atomic E-state index is 0.319. The Morgan fingerprint density at radius 2 is 1.82 bits per heavy atom. The Hall–Kier alpha value is -1.55. The third-order valence-electron chi connectivity index (χ3n) is 4.86. The Labute approximate surface area is 133 Å². The van der Waals surface area contributed by atoms with Crippen molar-refractivity contribution in [3.05, 3.63) is 30.3 Å². The average Bonchev–Trinajstić information content (AvgIpc) is 2.56. The zero-order chi connectivity index (χ0) is 15.4. The molecule has 1 aromatic carbocycles. The molecule has 2 saturated heterocycles. The van der Waals surface area contributed by atoms with Crippen LogP contribution in [0.25, 0.3) is 0 Å². The number of nitrogens with zero attached hydrogens (tertiary/aromatic N) is 3. The van der Waals surface area contributed by atoms with Crippen LogP contribution in [-0.2, 0) is 4.79 Å². The van der Waals surface area contributed by atoms with Gasteiger partial charge in [0.15, 0.2) is 0 Å². The lowest BCUT2D eigenvalue weighted by atomic mass is 10.0. The van der Waals surface area contributed by atoms with Crippen molar-refractivity contribution < 1.29 is 4.79 Å². The lowest BCUT2D eigenvalue weighted by molar-refractivity contribution is -0.134. The van der Waals surface area contributed by atoms with Gasteiger partial charge in [-0.05, 0) is 30.9 Å². The highest BCUT2D eigenvalue weighted by Crippen LogP contribution is 2.17. The number of anilines is 1. The lowest BCUT2D eigenvalue weighted by Crippen LogP contribution is -2.51. The van der Waals surface area contributed by atoms with Crippen LogP contribution in [0.3, 0.4) is 0 Å². The molecule has 2 aliphatic rings. The van der Waals surface area contributed by atoms with Crippen LogP contribution >= 0.6 is 0 Å². The molecule has 1 atom stereocenters. The average molecular weight is 301 g/mol. The fraction of sp³-hybridized carbons (Fsp3) is 0.611. The summed E-state index contributed by atoms with van der Waals surface area (Å²) in [5, 5.41) is 0. The number of hydrogen-bond donors (Lipinski definition) is 0. The second-order valence-corrected chi connectivity index (χ2v) is 6.69. The predicted octanol–water partition coefficient (Wildman–Crippen LogP) is 2.07. The normalized spacial score (nSPS) is 23.6. The highest BCUT2D eigenvalue weighted by atomic mass is 16.2. The van der Waals surface area contributed by atoms with Crippen molar-refractivity contribution in [3.63, 3.8) is 0 Å². The number of carbonyl (C=O) groups excluding carboxylic acids is 1. The summed E-state index contributed by atoms with van der Waals surface area (Å²) in [6.07, 6.45) is 2.42. The van der Waals surface area contributed by atoms with Crippen molar-refractivity contribution in [2.45, 2.75) is 19.8 Å². The van der Waals surface area contributed by atoms with E-state index < -0.39 is 0 Å². The van der Waals surface area contributed by atoms with Crippen molar-refractivity contribution in [2.24, 2.45) is 5.92 Å². The summed E-state index contributed by atoms with van der Waals surface area (Å²) in [6.45, 7) is 8.71. The van der Waals surface area contributed by atoms with Gasteiger partial charge in [0.2, 0.25) is 5.91 Å². The molecular formula is C18H27N3O. The number of para-hydroxylation sites is 1. The van der Waals surface area contributed by atoms with E-state index in [0.717, 1.165) is 45.7 Å². The maximum Gasteiger partial charge on any atom is 0.236 e. The van der Waals surface area contributed by atoms with Crippen LogP contribution in [0.1, 0.15) is 19.8 Å². The molecule has 4 heteroatoms. The number of carbonyl (C=O) groups is 1. The van der Waals surface area contributed by atoms with Crippen LogP contribution in [0, 0.1) is 5.92 Å². The van der Waals surface area contributed by atoms with Gasteiger partial charge in [-0.2, -0.15) is 0 Å². The number of benzene rings is 1. The predicted molar refractivity (Wildman–Crippen MR) is 90.1 cm³/mol. The van der Waals surface area contributed by atoms with E-state index in [4.69, 9.17) is 0 Å². The lowest BCUT2D eigenvalue weighted by Gasteiger charge is -2.37. The molecule has 0 aromatic heterocycles. The molecule has 0 spiro atoms. The van der Waals surface area contributed by atoms with Gasteiger partial charge in [-0.3, -0.25) is 9.69 Å². The van der Waals surface area contributed by atoms with E-state index in [1.807, 2.05) is 0 Å². The van der Waals surface area contributed by atoms with Crippen molar-refractivity contribution >= 4 is 11.6 Å². The molecule has 120 valence electrons. The number of amides is 1. The minimum Gasteiger partial charge on any atom is -0.369 e. The summed E-state index contributed by atoms with van der Waals surface area (Å²) in [5.74, 6) is 0.979. The van der Waals surface area contributed by atoms with Gasteiger partial charge in [0.1, 0.15) is 0 Å². The molecule has 2 fully saturated rings. The molecule has 2 aliphatic heterocycles. The molecule has 1 aromatic rings. The van der Waals surface area contributed by atoms with Crippen LogP contribution in [0.2, 0.25) is 0 Å². The quantitative estimate of drug-likeness (QED) is 0.855. The number of piperidine rings is 1. The highest BCUT2D eigenvalue weighted by molar-refractivity contribution is 5.78. The number of hydrogen-bond acceptors (Lipinski definition) is 3. The smallest absolute Gasteiger partial charge is 0.236 e. The van der Waals surface area contributed by atoms with Gasteiger partial charge in [-0.1, -0.05) is 25.1 Å². The summed E-state index contributed by atoms with van der Waals surface area (Å²) in [7, 11) is 0. The van der Waals surface area contributed by atoms with Gasteiger partial charge in [-0.15, -0.1) is 0 Å². The van der Waals surface area contributed by atoms with Crippen LogP contribution in [0.4, 0.5) is 5.69 Å². The van der Waals surface area contributed by atoms with Gasteiger partial charge < -0.3 is 9.80 Å². The van der Waals surface area contributed by atoms with E-state index in [9.17, 15) is 4.79 Å². The van der Waals surface area contributed by atoms with Crippen LogP contribution < -0.4 is 4.90 Å². The summed E-state index contributed by atoms with van der Waals surface area (Å²) in [4.78, 5) is 19.2. The number of likely N-dealkylation sites (tertiary alicyclic amines) is 1. The fourth-order valence-corrected chi connectivity index (χ4v) is 3.51. The first kappa shape index (κ1) is 15.3. The molecule has 22 heavy (non-hydrogen) atoms. The van der Waals surface area contributed by atoms with Crippen LogP contribution in [-0.4, -0.2) is 61.5 Å². The topological polar surface area (TPSA) is 26.8 Å². The molecular weight excluding hydrogens is 274 g/mol. The molecule has 0 radical (unpaired) electrons. The molecule has 1 amide bonds. The van der Waals surface area contributed by atoms with Crippen LogP contribution in [0.15, 0.2) is 30.3 Å². The second-order valence-electron chi connectivity index (χ2n) is 6.69. The van der Waals surface area contributed by atoms with Crippen molar-refractivity contribution in [2.75, 3.05) is 50.7 Å². The summed E-state index contributed by atoms with van der Waals surface area (Å²) >= 11 is 0. The molecule has 3 rings (SSSR count). The molecule has 2 heterocycles. The van der Waals surface area contributed by atoms with Gasteiger partial charge in [0.25, 0.3) is 0 Å². The second kappa shape index (κ2) is 7.14. The third kappa shape index (κ3) is 3.80. The number of piperazine rings is 1. The zero-order valence-electron chi connectivity index (χ0n) is 13.6. The van der Waals surface area contributed by atoms with Gasteiger partial charge in [-0.25, -0.2) is 0 Å². The highest BCUT2D eigenvalue weighted by Gasteiger charge is 2.24. The molecule has 0 bridgehead atoms. The first-order valence-corrected chi connectivity index (χ1v) is 8.52. The molecule has 4 nitrogen and oxygen atoms in total. The van der Waals surface area contributed by atoms with Crippen molar-refractivity contribution in [1.82, 2.24) is 9.80 Å². The van der Waals surface area contributed by atoms with Gasteiger partial charge >= 0.3 is 0 Å².